The van der Waals surface area contributed by atoms with E-state index < -0.39 is 0 Å². The van der Waals surface area contributed by atoms with E-state index in [1.807, 2.05) is 36.4 Å². The van der Waals surface area contributed by atoms with Crippen LogP contribution in [0.1, 0.15) is 20.8 Å². The molecule has 2 rings (SSSR count). The monoisotopic (exact) mass is 466 g/mol. The van der Waals surface area contributed by atoms with Crippen molar-refractivity contribution in [2.45, 2.75) is 20.8 Å². The lowest BCUT2D eigenvalue weighted by molar-refractivity contribution is -0.114. The van der Waals surface area contributed by atoms with Crippen LogP contribution in [0.4, 0.5) is 22.7 Å². The third-order valence-corrected chi connectivity index (χ3v) is 4.72. The van der Waals surface area contributed by atoms with Gasteiger partial charge in [0.25, 0.3) is 0 Å². The van der Waals surface area contributed by atoms with E-state index >= 15 is 0 Å². The molecule has 25 heavy (non-hydrogen) atoms. The molecule has 7 heteroatoms. The zero-order valence-electron chi connectivity index (χ0n) is 14.4. The first-order valence-electron chi connectivity index (χ1n) is 7.98. The van der Waals surface area contributed by atoms with Gasteiger partial charge in [0.1, 0.15) is 5.69 Å². The molecule has 2 aromatic rings. The van der Waals surface area contributed by atoms with Crippen molar-refractivity contribution in [2.75, 3.05) is 23.3 Å². The smallest absolute Gasteiger partial charge is 0.221 e. The quantitative estimate of drug-likeness (QED) is 0.497. The van der Waals surface area contributed by atoms with Gasteiger partial charge in [0.2, 0.25) is 5.91 Å². The molecule has 5 nitrogen and oxygen atoms in total. The summed E-state index contributed by atoms with van der Waals surface area (Å²) < 4.78 is 1.80. The molecular weight excluding hydrogens is 448 g/mol. The van der Waals surface area contributed by atoms with Crippen LogP contribution < -0.4 is 10.2 Å². The molecule has 0 aliphatic heterocycles. The maximum Gasteiger partial charge on any atom is 0.221 e. The van der Waals surface area contributed by atoms with Crippen molar-refractivity contribution in [2.24, 2.45) is 10.2 Å². The Kier molecular flexibility index (Phi) is 7.13. The first kappa shape index (κ1) is 19.6. The van der Waals surface area contributed by atoms with Crippen LogP contribution in [-0.2, 0) is 4.79 Å². The number of azo groups is 1. The Morgan fingerprint density at radius 1 is 1.04 bits per heavy atom. The molecule has 0 aliphatic rings. The Morgan fingerprint density at radius 2 is 1.68 bits per heavy atom. The molecule has 0 radical (unpaired) electrons. The molecular formula is C18H20Br2N4O. The van der Waals surface area contributed by atoms with Crippen LogP contribution in [0.2, 0.25) is 0 Å². The van der Waals surface area contributed by atoms with Gasteiger partial charge >= 0.3 is 0 Å². The van der Waals surface area contributed by atoms with E-state index in [9.17, 15) is 4.79 Å². The normalized spacial score (nSPS) is 10.9. The molecule has 0 aromatic heterocycles. The van der Waals surface area contributed by atoms with E-state index in [0.29, 0.717) is 17.1 Å². The summed E-state index contributed by atoms with van der Waals surface area (Å²) in [6, 6.07) is 11.5. The fourth-order valence-electron chi connectivity index (χ4n) is 2.36. The second-order valence-corrected chi connectivity index (χ2v) is 7.12. The second-order valence-electron chi connectivity index (χ2n) is 5.35. The van der Waals surface area contributed by atoms with Gasteiger partial charge in [-0.25, -0.2) is 0 Å². The molecule has 0 spiro atoms. The van der Waals surface area contributed by atoms with Crippen molar-refractivity contribution in [3.8, 4) is 0 Å². The lowest BCUT2D eigenvalue weighted by atomic mass is 10.2. The van der Waals surface area contributed by atoms with E-state index in [1.54, 1.807) is 0 Å². The summed E-state index contributed by atoms with van der Waals surface area (Å²) >= 11 is 6.88. The average Bonchev–Trinajstić information content (AvgIpc) is 2.56. The molecule has 2 aromatic carbocycles. The number of anilines is 2. The fourth-order valence-corrected chi connectivity index (χ4v) is 3.48. The second kappa shape index (κ2) is 9.10. The number of halogens is 2. The predicted octanol–water partition coefficient (Wildman–Crippen LogP) is 6.43. The zero-order chi connectivity index (χ0) is 18.4. The molecule has 0 bridgehead atoms. The Labute approximate surface area is 164 Å². The minimum atomic E-state index is -0.141. The van der Waals surface area contributed by atoms with Gasteiger partial charge in [0.15, 0.2) is 0 Å². The molecule has 0 heterocycles. The number of amides is 1. The van der Waals surface area contributed by atoms with Crippen molar-refractivity contribution >= 4 is 60.5 Å². The number of carbonyl (C=O) groups is 1. The summed E-state index contributed by atoms with van der Waals surface area (Å²) in [4.78, 5) is 13.7. The fraction of sp³-hybridized carbons (Fsp3) is 0.278. The first-order valence-corrected chi connectivity index (χ1v) is 9.56. The van der Waals surface area contributed by atoms with Crippen molar-refractivity contribution < 1.29 is 4.79 Å². The molecule has 0 aliphatic carbocycles. The minimum Gasteiger partial charge on any atom is -0.372 e. The van der Waals surface area contributed by atoms with Gasteiger partial charge in [-0.05, 0) is 66.2 Å². The minimum absolute atomic E-state index is 0.141. The van der Waals surface area contributed by atoms with Gasteiger partial charge in [-0.15, -0.1) is 10.2 Å². The maximum absolute atomic E-state index is 11.5. The first-order chi connectivity index (χ1) is 11.9. The highest BCUT2D eigenvalue weighted by Gasteiger charge is 2.09. The van der Waals surface area contributed by atoms with E-state index in [2.05, 4.69) is 66.2 Å². The number of rotatable bonds is 6. The van der Waals surface area contributed by atoms with Gasteiger partial charge in [-0.1, -0.05) is 15.9 Å². The molecule has 1 amide bonds. The van der Waals surface area contributed by atoms with E-state index in [1.165, 1.54) is 6.92 Å². The summed E-state index contributed by atoms with van der Waals surface area (Å²) in [5.74, 6) is -0.141. The molecule has 0 unspecified atom stereocenters. The number of carbonyl (C=O) groups excluding carboxylic acids is 1. The van der Waals surface area contributed by atoms with Gasteiger partial charge < -0.3 is 10.2 Å². The van der Waals surface area contributed by atoms with E-state index in [4.69, 9.17) is 0 Å². The molecule has 132 valence electrons. The third kappa shape index (κ3) is 5.37. The summed E-state index contributed by atoms with van der Waals surface area (Å²) in [7, 11) is 0. The molecule has 0 atom stereocenters. The Bertz CT molecular complexity index is 789. The SMILES string of the molecule is CCN(CC)c1ccc(N=Nc2ccc(Br)cc2Br)c(NC(C)=O)c1. The lowest BCUT2D eigenvalue weighted by Gasteiger charge is -2.22. The number of benzene rings is 2. The maximum atomic E-state index is 11.5. The van der Waals surface area contributed by atoms with Crippen LogP contribution in [-0.4, -0.2) is 19.0 Å². The number of hydrogen-bond acceptors (Lipinski definition) is 4. The third-order valence-electron chi connectivity index (χ3n) is 3.59. The summed E-state index contributed by atoms with van der Waals surface area (Å²) in [6.45, 7) is 7.46. The Hall–Kier alpha value is -1.73. The van der Waals surface area contributed by atoms with Crippen LogP contribution >= 0.6 is 31.9 Å². The van der Waals surface area contributed by atoms with Crippen LogP contribution in [0, 0.1) is 0 Å². The average molecular weight is 468 g/mol. The van der Waals surface area contributed by atoms with Crippen LogP contribution in [0.25, 0.3) is 0 Å². The number of nitrogens with zero attached hydrogens (tertiary/aromatic N) is 3. The van der Waals surface area contributed by atoms with Crippen molar-refractivity contribution in [1.82, 2.24) is 0 Å². The predicted molar refractivity (Wildman–Crippen MR) is 110 cm³/mol. The van der Waals surface area contributed by atoms with E-state index in [-0.39, 0.29) is 5.91 Å². The summed E-state index contributed by atoms with van der Waals surface area (Å²) in [5.41, 5.74) is 3.01. The van der Waals surface area contributed by atoms with Crippen LogP contribution in [0.3, 0.4) is 0 Å². The van der Waals surface area contributed by atoms with Crippen LogP contribution in [0.5, 0.6) is 0 Å². The van der Waals surface area contributed by atoms with Gasteiger partial charge in [0.05, 0.1) is 11.4 Å². The highest BCUT2D eigenvalue weighted by molar-refractivity contribution is 9.11. The van der Waals surface area contributed by atoms with Gasteiger partial charge in [-0.3, -0.25) is 4.79 Å². The number of hydrogen-bond donors (Lipinski definition) is 1. The van der Waals surface area contributed by atoms with Crippen molar-refractivity contribution in [3.63, 3.8) is 0 Å². The Balaban J connectivity index is 2.38. The van der Waals surface area contributed by atoms with Gasteiger partial charge in [0, 0.05) is 34.6 Å². The highest BCUT2D eigenvalue weighted by atomic mass is 79.9. The van der Waals surface area contributed by atoms with Gasteiger partial charge in [-0.2, -0.15) is 0 Å². The summed E-state index contributed by atoms with van der Waals surface area (Å²) in [6.07, 6.45) is 0. The zero-order valence-corrected chi connectivity index (χ0v) is 17.6. The summed E-state index contributed by atoms with van der Waals surface area (Å²) in [5, 5.41) is 11.4. The topological polar surface area (TPSA) is 57.1 Å². The Morgan fingerprint density at radius 3 is 2.28 bits per heavy atom. The van der Waals surface area contributed by atoms with E-state index in [0.717, 1.165) is 27.7 Å². The molecule has 0 saturated carbocycles. The number of nitrogens with one attached hydrogen (secondary N) is 1. The molecule has 0 saturated heterocycles. The van der Waals surface area contributed by atoms with Crippen molar-refractivity contribution in [1.29, 1.82) is 0 Å². The molecule has 0 fully saturated rings. The largest absolute Gasteiger partial charge is 0.372 e. The van der Waals surface area contributed by atoms with Crippen LogP contribution in [0.15, 0.2) is 55.6 Å². The highest BCUT2D eigenvalue weighted by Crippen LogP contribution is 2.34. The van der Waals surface area contributed by atoms with Crippen molar-refractivity contribution in [3.05, 3.63) is 45.3 Å². The lowest BCUT2D eigenvalue weighted by Crippen LogP contribution is -2.21. The standard InChI is InChI=1S/C18H20Br2N4O/c1-4-24(5-2)14-7-9-17(18(11-14)21-12(3)25)23-22-16-8-6-13(19)10-15(16)20/h6-11H,4-5H2,1-3H3,(H,21,25). The molecule has 1 N–H and O–H groups in total.